The third-order valence-electron chi connectivity index (χ3n) is 4.08. The largest absolute Gasteiger partial charge is 0.378 e. The Morgan fingerprint density at radius 3 is 2.45 bits per heavy atom. The minimum absolute atomic E-state index is 0.00821. The fraction of sp³-hybridized carbons (Fsp3) is 0.529. The number of hydrogen-bond acceptors (Lipinski definition) is 3. The first-order valence-electron chi connectivity index (χ1n) is 7.77. The van der Waals surface area contributed by atoms with E-state index in [0.717, 1.165) is 5.56 Å². The molecule has 0 saturated carbocycles. The van der Waals surface area contributed by atoms with Crippen molar-refractivity contribution in [3.05, 3.63) is 35.9 Å². The lowest BCUT2D eigenvalue weighted by molar-refractivity contribution is -0.137. The summed E-state index contributed by atoms with van der Waals surface area (Å²) >= 11 is 0. The number of hydrogen-bond donors (Lipinski definition) is 0. The Kier molecular flexibility index (Phi) is 5.95. The van der Waals surface area contributed by atoms with Crippen molar-refractivity contribution in [2.45, 2.75) is 26.3 Å². The van der Waals surface area contributed by atoms with Gasteiger partial charge in [0.15, 0.2) is 0 Å². The van der Waals surface area contributed by atoms with Gasteiger partial charge in [-0.3, -0.25) is 9.59 Å². The summed E-state index contributed by atoms with van der Waals surface area (Å²) in [6, 6.07) is 9.85. The van der Waals surface area contributed by atoms with E-state index in [1.807, 2.05) is 42.2 Å². The molecular formula is C17H24N2O3. The van der Waals surface area contributed by atoms with E-state index in [-0.39, 0.29) is 17.9 Å². The van der Waals surface area contributed by atoms with E-state index in [4.69, 9.17) is 4.74 Å². The molecule has 5 heteroatoms. The third kappa shape index (κ3) is 4.31. The molecule has 1 aliphatic heterocycles. The van der Waals surface area contributed by atoms with Crippen LogP contribution in [0.2, 0.25) is 0 Å². The summed E-state index contributed by atoms with van der Waals surface area (Å²) in [6.07, 6.45) is 0.358. The quantitative estimate of drug-likeness (QED) is 0.834. The molecule has 0 aromatic heterocycles. The second-order valence-electron chi connectivity index (χ2n) is 5.54. The molecule has 120 valence electrons. The standard InChI is InChI=1S/C17H24N2O3/c1-14(16-6-4-3-5-7-16)19(15(2)20)9-8-17(21)18-10-12-22-13-11-18/h3-7,14H,8-13H2,1-2H3/t14-/m0/s1. The first-order chi connectivity index (χ1) is 10.6. The van der Waals surface area contributed by atoms with Gasteiger partial charge in [0, 0.05) is 33.0 Å². The van der Waals surface area contributed by atoms with Crippen molar-refractivity contribution in [1.29, 1.82) is 0 Å². The molecule has 1 aromatic rings. The lowest BCUT2D eigenvalue weighted by Gasteiger charge is -2.31. The number of benzene rings is 1. The van der Waals surface area contributed by atoms with Gasteiger partial charge >= 0.3 is 0 Å². The summed E-state index contributed by atoms with van der Waals surface area (Å²) in [6.45, 7) is 6.49. The normalized spacial score (nSPS) is 16.2. The topological polar surface area (TPSA) is 49.9 Å². The third-order valence-corrected chi connectivity index (χ3v) is 4.08. The van der Waals surface area contributed by atoms with E-state index in [9.17, 15) is 9.59 Å². The molecule has 1 heterocycles. The summed E-state index contributed by atoms with van der Waals surface area (Å²) in [5.74, 6) is 0.0842. The highest BCUT2D eigenvalue weighted by molar-refractivity contribution is 5.78. The molecule has 0 aliphatic carbocycles. The second-order valence-corrected chi connectivity index (χ2v) is 5.54. The number of carbonyl (C=O) groups is 2. The Morgan fingerprint density at radius 1 is 1.23 bits per heavy atom. The van der Waals surface area contributed by atoms with Gasteiger partial charge in [-0.15, -0.1) is 0 Å². The van der Waals surface area contributed by atoms with Crippen LogP contribution in [0.4, 0.5) is 0 Å². The molecule has 5 nitrogen and oxygen atoms in total. The van der Waals surface area contributed by atoms with Crippen molar-refractivity contribution in [2.75, 3.05) is 32.8 Å². The SMILES string of the molecule is CC(=O)N(CCC(=O)N1CCOCC1)[C@@H](C)c1ccccc1. The highest BCUT2D eigenvalue weighted by atomic mass is 16.5. The number of amides is 2. The van der Waals surface area contributed by atoms with Gasteiger partial charge in [-0.1, -0.05) is 30.3 Å². The molecule has 1 saturated heterocycles. The monoisotopic (exact) mass is 304 g/mol. The molecule has 0 radical (unpaired) electrons. The molecule has 1 atom stereocenters. The zero-order chi connectivity index (χ0) is 15.9. The molecule has 2 amide bonds. The van der Waals surface area contributed by atoms with E-state index in [1.165, 1.54) is 0 Å². The number of ether oxygens (including phenoxy) is 1. The minimum Gasteiger partial charge on any atom is -0.378 e. The van der Waals surface area contributed by atoms with Crippen molar-refractivity contribution in [3.63, 3.8) is 0 Å². The first kappa shape index (κ1) is 16.5. The van der Waals surface area contributed by atoms with Gasteiger partial charge in [0.2, 0.25) is 11.8 Å². The predicted octanol–water partition coefficient (Wildman–Crippen LogP) is 1.84. The molecule has 0 bridgehead atoms. The smallest absolute Gasteiger partial charge is 0.224 e. The van der Waals surface area contributed by atoms with Crippen LogP contribution in [0.1, 0.15) is 31.9 Å². The Hall–Kier alpha value is -1.88. The molecule has 1 fully saturated rings. The van der Waals surface area contributed by atoms with Crippen LogP contribution in [0, 0.1) is 0 Å². The van der Waals surface area contributed by atoms with E-state index in [2.05, 4.69) is 0 Å². The van der Waals surface area contributed by atoms with Gasteiger partial charge < -0.3 is 14.5 Å². The molecule has 2 rings (SSSR count). The summed E-state index contributed by atoms with van der Waals surface area (Å²) in [5, 5.41) is 0. The average Bonchev–Trinajstić information content (AvgIpc) is 2.56. The number of morpholine rings is 1. The predicted molar refractivity (Wildman–Crippen MR) is 84.3 cm³/mol. The van der Waals surface area contributed by atoms with E-state index < -0.39 is 0 Å². The minimum atomic E-state index is -0.0313. The summed E-state index contributed by atoms with van der Waals surface area (Å²) in [5.41, 5.74) is 1.08. The van der Waals surface area contributed by atoms with Crippen LogP contribution >= 0.6 is 0 Å². The van der Waals surface area contributed by atoms with Crippen LogP contribution in [-0.4, -0.2) is 54.5 Å². The van der Waals surface area contributed by atoms with Crippen LogP contribution in [0.25, 0.3) is 0 Å². The molecule has 22 heavy (non-hydrogen) atoms. The maximum atomic E-state index is 12.2. The Bertz CT molecular complexity index is 498. The lowest BCUT2D eigenvalue weighted by Crippen LogP contribution is -2.42. The highest BCUT2D eigenvalue weighted by Gasteiger charge is 2.22. The van der Waals surface area contributed by atoms with Crippen molar-refractivity contribution in [3.8, 4) is 0 Å². The first-order valence-corrected chi connectivity index (χ1v) is 7.77. The van der Waals surface area contributed by atoms with Crippen molar-refractivity contribution < 1.29 is 14.3 Å². The molecular weight excluding hydrogens is 280 g/mol. The Morgan fingerprint density at radius 2 is 1.86 bits per heavy atom. The Labute approximate surface area is 131 Å². The number of carbonyl (C=O) groups excluding carboxylic acids is 2. The van der Waals surface area contributed by atoms with Crippen LogP contribution in [0.3, 0.4) is 0 Å². The van der Waals surface area contributed by atoms with Crippen LogP contribution in [0.5, 0.6) is 0 Å². The van der Waals surface area contributed by atoms with E-state index in [1.54, 1.807) is 11.8 Å². The van der Waals surface area contributed by atoms with Gasteiger partial charge in [-0.05, 0) is 12.5 Å². The zero-order valence-electron chi connectivity index (χ0n) is 13.3. The summed E-state index contributed by atoms with van der Waals surface area (Å²) in [4.78, 5) is 27.7. The molecule has 0 unspecified atom stereocenters. The van der Waals surface area contributed by atoms with Gasteiger partial charge in [0.05, 0.1) is 19.3 Å². The molecule has 0 spiro atoms. The van der Waals surface area contributed by atoms with Gasteiger partial charge in [0.1, 0.15) is 0 Å². The van der Waals surface area contributed by atoms with Gasteiger partial charge in [0.25, 0.3) is 0 Å². The van der Waals surface area contributed by atoms with Gasteiger partial charge in [-0.2, -0.15) is 0 Å². The molecule has 1 aliphatic rings. The zero-order valence-corrected chi connectivity index (χ0v) is 13.3. The summed E-state index contributed by atoms with van der Waals surface area (Å²) < 4.78 is 5.25. The van der Waals surface area contributed by atoms with Crippen LogP contribution in [0.15, 0.2) is 30.3 Å². The van der Waals surface area contributed by atoms with Crippen molar-refractivity contribution in [2.24, 2.45) is 0 Å². The van der Waals surface area contributed by atoms with Gasteiger partial charge in [-0.25, -0.2) is 0 Å². The Balaban J connectivity index is 1.94. The fourth-order valence-corrected chi connectivity index (χ4v) is 2.72. The van der Waals surface area contributed by atoms with Crippen molar-refractivity contribution >= 4 is 11.8 Å². The maximum absolute atomic E-state index is 12.2. The molecule has 1 aromatic carbocycles. The van der Waals surface area contributed by atoms with E-state index >= 15 is 0 Å². The van der Waals surface area contributed by atoms with Crippen LogP contribution < -0.4 is 0 Å². The number of nitrogens with zero attached hydrogens (tertiary/aromatic N) is 2. The average molecular weight is 304 g/mol. The summed E-state index contributed by atoms with van der Waals surface area (Å²) in [7, 11) is 0. The highest BCUT2D eigenvalue weighted by Crippen LogP contribution is 2.20. The maximum Gasteiger partial charge on any atom is 0.224 e. The van der Waals surface area contributed by atoms with Crippen LogP contribution in [-0.2, 0) is 14.3 Å². The number of rotatable bonds is 5. The fourth-order valence-electron chi connectivity index (χ4n) is 2.72. The lowest BCUT2D eigenvalue weighted by atomic mass is 10.1. The van der Waals surface area contributed by atoms with E-state index in [0.29, 0.717) is 39.3 Å². The second kappa shape index (κ2) is 7.94. The molecule has 0 N–H and O–H groups in total. The van der Waals surface area contributed by atoms with Crippen molar-refractivity contribution in [1.82, 2.24) is 9.80 Å².